The normalized spacial score (nSPS) is 28.2. The fourth-order valence-corrected chi connectivity index (χ4v) is 3.75. The van der Waals surface area contributed by atoms with E-state index in [-0.39, 0.29) is 0 Å². The molecular formula is C14H20ClNS. The van der Waals surface area contributed by atoms with Crippen LogP contribution in [0.2, 0.25) is 5.02 Å². The fourth-order valence-electron chi connectivity index (χ4n) is 2.33. The highest BCUT2D eigenvalue weighted by molar-refractivity contribution is 8.00. The number of hydrogen-bond donors (Lipinski definition) is 1. The van der Waals surface area contributed by atoms with E-state index in [2.05, 4.69) is 45.1 Å². The van der Waals surface area contributed by atoms with Gasteiger partial charge in [-0.15, -0.1) is 11.8 Å². The van der Waals surface area contributed by atoms with Gasteiger partial charge in [0.05, 0.1) is 0 Å². The Bertz CT molecular complexity index is 405. The van der Waals surface area contributed by atoms with Gasteiger partial charge in [-0.25, -0.2) is 0 Å². The third-order valence-corrected chi connectivity index (χ3v) is 5.06. The number of halogens is 1. The second-order valence-electron chi connectivity index (χ2n) is 5.16. The Morgan fingerprint density at radius 2 is 2.00 bits per heavy atom. The molecule has 0 radical (unpaired) electrons. The van der Waals surface area contributed by atoms with E-state index in [4.69, 9.17) is 11.6 Å². The predicted molar refractivity (Wildman–Crippen MR) is 76.9 cm³/mol. The van der Waals surface area contributed by atoms with Crippen LogP contribution in [0.1, 0.15) is 39.3 Å². The Balaban J connectivity index is 2.39. The largest absolute Gasteiger partial charge is 0.307 e. The third kappa shape index (κ3) is 2.81. The van der Waals surface area contributed by atoms with Gasteiger partial charge in [0.25, 0.3) is 0 Å². The first-order chi connectivity index (χ1) is 7.99. The summed E-state index contributed by atoms with van der Waals surface area (Å²) < 4.78 is 0. The van der Waals surface area contributed by atoms with Gasteiger partial charge < -0.3 is 5.32 Å². The standard InChI is InChI=1S/C14H20ClNS/c1-8(2)16-14-9(3)10(4)17-13-6-5-11(15)7-12(13)14/h5-10,14,16H,1-4H3. The number of hydrogen-bond acceptors (Lipinski definition) is 2. The van der Waals surface area contributed by atoms with Crippen LogP contribution in [0.4, 0.5) is 0 Å². The summed E-state index contributed by atoms with van der Waals surface area (Å²) in [5, 5.41) is 5.15. The minimum Gasteiger partial charge on any atom is -0.307 e. The van der Waals surface area contributed by atoms with Crippen LogP contribution >= 0.6 is 23.4 Å². The second-order valence-corrected chi connectivity index (χ2v) is 7.02. The lowest BCUT2D eigenvalue weighted by Gasteiger charge is -2.37. The molecule has 1 heterocycles. The van der Waals surface area contributed by atoms with Crippen molar-refractivity contribution in [1.29, 1.82) is 0 Å². The molecule has 3 unspecified atom stereocenters. The van der Waals surface area contributed by atoms with E-state index in [9.17, 15) is 0 Å². The maximum atomic E-state index is 6.13. The highest BCUT2D eigenvalue weighted by atomic mass is 35.5. The molecule has 1 aliphatic rings. The van der Waals surface area contributed by atoms with Crippen molar-refractivity contribution in [2.24, 2.45) is 5.92 Å². The van der Waals surface area contributed by atoms with Crippen LogP contribution in [0.3, 0.4) is 0 Å². The summed E-state index contributed by atoms with van der Waals surface area (Å²) in [6.07, 6.45) is 0. The molecule has 1 aliphatic heterocycles. The van der Waals surface area contributed by atoms with Gasteiger partial charge in [0.2, 0.25) is 0 Å². The van der Waals surface area contributed by atoms with Gasteiger partial charge in [-0.3, -0.25) is 0 Å². The Kier molecular flexibility index (Phi) is 4.06. The molecular weight excluding hydrogens is 250 g/mol. The van der Waals surface area contributed by atoms with Gasteiger partial charge in [-0.05, 0) is 29.7 Å². The van der Waals surface area contributed by atoms with E-state index in [1.807, 2.05) is 17.8 Å². The molecule has 94 valence electrons. The highest BCUT2D eigenvalue weighted by Crippen LogP contribution is 2.45. The fraction of sp³-hybridized carbons (Fsp3) is 0.571. The molecule has 17 heavy (non-hydrogen) atoms. The smallest absolute Gasteiger partial charge is 0.0410 e. The van der Waals surface area contributed by atoms with Crippen molar-refractivity contribution in [1.82, 2.24) is 5.32 Å². The lowest BCUT2D eigenvalue weighted by atomic mass is 9.91. The van der Waals surface area contributed by atoms with Crippen LogP contribution < -0.4 is 5.32 Å². The average Bonchev–Trinajstić information content (AvgIpc) is 2.25. The van der Waals surface area contributed by atoms with Crippen LogP contribution in [0, 0.1) is 5.92 Å². The average molecular weight is 270 g/mol. The monoisotopic (exact) mass is 269 g/mol. The predicted octanol–water partition coefficient (Wildman–Crippen LogP) is 4.51. The zero-order chi connectivity index (χ0) is 12.6. The van der Waals surface area contributed by atoms with Gasteiger partial charge in [0.1, 0.15) is 0 Å². The van der Waals surface area contributed by atoms with Crippen molar-refractivity contribution in [3.63, 3.8) is 0 Å². The summed E-state index contributed by atoms with van der Waals surface area (Å²) >= 11 is 8.09. The Hall–Kier alpha value is -0.180. The minimum atomic E-state index is 0.417. The summed E-state index contributed by atoms with van der Waals surface area (Å²) in [7, 11) is 0. The van der Waals surface area contributed by atoms with Crippen molar-refractivity contribution < 1.29 is 0 Å². The van der Waals surface area contributed by atoms with Crippen molar-refractivity contribution >= 4 is 23.4 Å². The Morgan fingerprint density at radius 3 is 2.65 bits per heavy atom. The molecule has 1 N–H and O–H groups in total. The van der Waals surface area contributed by atoms with Gasteiger partial charge in [-0.1, -0.05) is 39.3 Å². The van der Waals surface area contributed by atoms with E-state index in [1.165, 1.54) is 10.5 Å². The molecule has 1 nitrogen and oxygen atoms in total. The van der Waals surface area contributed by atoms with Gasteiger partial charge >= 0.3 is 0 Å². The molecule has 0 amide bonds. The van der Waals surface area contributed by atoms with Crippen LogP contribution in [0.5, 0.6) is 0 Å². The number of fused-ring (bicyclic) bond motifs is 1. The zero-order valence-electron chi connectivity index (χ0n) is 10.8. The van der Waals surface area contributed by atoms with Crippen molar-refractivity contribution in [3.8, 4) is 0 Å². The zero-order valence-corrected chi connectivity index (χ0v) is 12.4. The summed E-state index contributed by atoms with van der Waals surface area (Å²) in [4.78, 5) is 1.37. The van der Waals surface area contributed by atoms with E-state index >= 15 is 0 Å². The van der Waals surface area contributed by atoms with Crippen molar-refractivity contribution in [2.75, 3.05) is 0 Å². The van der Waals surface area contributed by atoms with Crippen LogP contribution in [0.25, 0.3) is 0 Å². The molecule has 1 aromatic carbocycles. The summed E-state index contributed by atoms with van der Waals surface area (Å²) in [6.45, 7) is 9.02. The van der Waals surface area contributed by atoms with Crippen molar-refractivity contribution in [2.45, 2.75) is 49.9 Å². The Labute approximate surface area is 113 Å². The summed E-state index contributed by atoms with van der Waals surface area (Å²) in [6, 6.07) is 7.17. The molecule has 0 saturated carbocycles. The molecule has 3 heteroatoms. The topological polar surface area (TPSA) is 12.0 Å². The molecule has 2 rings (SSSR count). The van der Waals surface area contributed by atoms with E-state index in [0.717, 1.165) is 5.02 Å². The lowest BCUT2D eigenvalue weighted by molar-refractivity contribution is 0.348. The van der Waals surface area contributed by atoms with E-state index in [0.29, 0.717) is 23.3 Å². The van der Waals surface area contributed by atoms with Crippen LogP contribution in [0.15, 0.2) is 23.1 Å². The molecule has 0 saturated heterocycles. The summed E-state index contributed by atoms with van der Waals surface area (Å²) in [5.74, 6) is 0.619. The quantitative estimate of drug-likeness (QED) is 0.848. The van der Waals surface area contributed by atoms with Gasteiger partial charge in [0, 0.05) is 27.3 Å². The van der Waals surface area contributed by atoms with Crippen LogP contribution in [-0.4, -0.2) is 11.3 Å². The SMILES string of the molecule is CC(C)NC1c2cc(Cl)ccc2SC(C)C1C. The number of benzene rings is 1. The first-order valence-corrected chi connectivity index (χ1v) is 7.47. The number of rotatable bonds is 2. The first kappa shape index (κ1) is 13.3. The maximum absolute atomic E-state index is 6.13. The molecule has 3 atom stereocenters. The molecule has 0 bridgehead atoms. The maximum Gasteiger partial charge on any atom is 0.0410 e. The first-order valence-electron chi connectivity index (χ1n) is 6.21. The Morgan fingerprint density at radius 1 is 1.29 bits per heavy atom. The third-order valence-electron chi connectivity index (χ3n) is 3.40. The van der Waals surface area contributed by atoms with E-state index in [1.54, 1.807) is 0 Å². The summed E-state index contributed by atoms with van der Waals surface area (Å²) in [5.41, 5.74) is 1.36. The highest BCUT2D eigenvalue weighted by Gasteiger charge is 2.32. The van der Waals surface area contributed by atoms with Gasteiger partial charge in [-0.2, -0.15) is 0 Å². The minimum absolute atomic E-state index is 0.417. The molecule has 0 aromatic heterocycles. The van der Waals surface area contributed by atoms with Crippen molar-refractivity contribution in [3.05, 3.63) is 28.8 Å². The molecule has 0 fully saturated rings. The lowest BCUT2D eigenvalue weighted by Crippen LogP contribution is -2.38. The molecule has 0 spiro atoms. The molecule has 1 aromatic rings. The van der Waals surface area contributed by atoms with Gasteiger partial charge in [0.15, 0.2) is 0 Å². The number of thioether (sulfide) groups is 1. The molecule has 0 aliphatic carbocycles. The van der Waals surface area contributed by atoms with Crippen LogP contribution in [-0.2, 0) is 0 Å². The number of nitrogens with one attached hydrogen (secondary N) is 1. The van der Waals surface area contributed by atoms with E-state index < -0.39 is 0 Å². The second kappa shape index (κ2) is 5.21.